The Hall–Kier alpha value is -2.44. The van der Waals surface area contributed by atoms with E-state index in [9.17, 15) is 22.8 Å². The Morgan fingerprint density at radius 3 is 2.44 bits per heavy atom. The van der Waals surface area contributed by atoms with E-state index in [1.807, 2.05) is 6.92 Å². The summed E-state index contributed by atoms with van der Waals surface area (Å²) < 4.78 is 45.8. The van der Waals surface area contributed by atoms with Crippen molar-refractivity contribution in [2.75, 3.05) is 4.90 Å². The van der Waals surface area contributed by atoms with Crippen molar-refractivity contribution in [1.82, 2.24) is 5.32 Å². The molecule has 3 aliphatic rings. The molecule has 0 aliphatic carbocycles. The maximum Gasteiger partial charge on any atom is 0.417 e. The number of nitrogens with one attached hydrogen (secondary N) is 1. The number of hydrogen-bond donors (Lipinski definition) is 1. The molecule has 5 atom stereocenters. The van der Waals surface area contributed by atoms with Gasteiger partial charge in [0.1, 0.15) is 5.72 Å². The molecule has 0 spiro atoms. The van der Waals surface area contributed by atoms with Crippen LogP contribution in [0.15, 0.2) is 18.2 Å². The predicted octanol–water partition coefficient (Wildman–Crippen LogP) is 2.18. The number of alkyl halides is 3. The Balaban J connectivity index is 1.81. The van der Waals surface area contributed by atoms with Crippen LogP contribution in [0.1, 0.15) is 31.9 Å². The Labute approximate surface area is 152 Å². The van der Waals surface area contributed by atoms with Gasteiger partial charge in [-0.3, -0.25) is 14.9 Å². The van der Waals surface area contributed by atoms with Gasteiger partial charge >= 0.3 is 6.18 Å². The van der Waals surface area contributed by atoms with Crippen LogP contribution in [0.2, 0.25) is 0 Å². The molecule has 4 rings (SSSR count). The molecule has 3 aliphatic heterocycles. The first-order valence-electron chi connectivity index (χ1n) is 8.41. The van der Waals surface area contributed by atoms with E-state index in [0.717, 1.165) is 11.0 Å². The van der Waals surface area contributed by atoms with Crippen LogP contribution in [0.4, 0.5) is 18.9 Å². The lowest BCUT2D eigenvalue weighted by molar-refractivity contribution is -0.138. The number of ether oxygens (including phenoxy) is 1. The van der Waals surface area contributed by atoms with Crippen LogP contribution < -0.4 is 10.2 Å². The third-order valence-corrected chi connectivity index (χ3v) is 6.00. The van der Waals surface area contributed by atoms with Crippen LogP contribution in [-0.4, -0.2) is 29.2 Å². The van der Waals surface area contributed by atoms with Crippen molar-refractivity contribution < 1.29 is 27.5 Å². The second kappa shape index (κ2) is 5.09. The fourth-order valence-electron chi connectivity index (χ4n) is 4.69. The van der Waals surface area contributed by atoms with Gasteiger partial charge in [-0.2, -0.15) is 18.4 Å². The first-order valence-corrected chi connectivity index (χ1v) is 8.41. The molecule has 5 unspecified atom stereocenters. The predicted molar refractivity (Wildman–Crippen MR) is 86.1 cm³/mol. The highest BCUT2D eigenvalue weighted by atomic mass is 19.4. The molecule has 3 saturated heterocycles. The molecular formula is C18H16F3N3O3. The van der Waals surface area contributed by atoms with E-state index < -0.39 is 52.3 Å². The number of benzene rings is 1. The van der Waals surface area contributed by atoms with Gasteiger partial charge in [-0.25, -0.2) is 4.90 Å². The number of imide groups is 1. The summed E-state index contributed by atoms with van der Waals surface area (Å²) >= 11 is 0. The van der Waals surface area contributed by atoms with E-state index >= 15 is 0 Å². The maximum absolute atomic E-state index is 13.3. The highest BCUT2D eigenvalue weighted by molar-refractivity contribution is 6.23. The van der Waals surface area contributed by atoms with E-state index in [1.54, 1.807) is 13.8 Å². The molecule has 3 heterocycles. The molecule has 0 radical (unpaired) electrons. The minimum Gasteiger partial charge on any atom is -0.351 e. The first kappa shape index (κ1) is 17.9. The molecule has 3 fully saturated rings. The lowest BCUT2D eigenvalue weighted by Gasteiger charge is -2.33. The second-order valence-corrected chi connectivity index (χ2v) is 7.57. The normalized spacial score (nSPS) is 37.7. The quantitative estimate of drug-likeness (QED) is 0.757. The Morgan fingerprint density at radius 2 is 1.85 bits per heavy atom. The van der Waals surface area contributed by atoms with Gasteiger partial charge in [0.25, 0.3) is 0 Å². The second-order valence-electron chi connectivity index (χ2n) is 7.57. The summed E-state index contributed by atoms with van der Waals surface area (Å²) in [6, 6.07) is 4.13. The molecule has 1 aromatic carbocycles. The number of fused-ring (bicyclic) bond motifs is 5. The average molecular weight is 379 g/mol. The lowest BCUT2D eigenvalue weighted by atomic mass is 9.73. The lowest BCUT2D eigenvalue weighted by Crippen LogP contribution is -2.57. The van der Waals surface area contributed by atoms with Crippen molar-refractivity contribution in [2.24, 2.45) is 11.8 Å². The number of carbonyl (C=O) groups excluding carboxylic acids is 2. The molecule has 2 bridgehead atoms. The third-order valence-electron chi connectivity index (χ3n) is 6.00. The van der Waals surface area contributed by atoms with Crippen molar-refractivity contribution in [2.45, 2.75) is 44.3 Å². The van der Waals surface area contributed by atoms with Crippen LogP contribution in [0.5, 0.6) is 0 Å². The zero-order valence-electron chi connectivity index (χ0n) is 14.7. The van der Waals surface area contributed by atoms with Gasteiger partial charge < -0.3 is 4.74 Å². The topological polar surface area (TPSA) is 82.4 Å². The molecule has 0 saturated carbocycles. The highest BCUT2D eigenvalue weighted by Crippen LogP contribution is 2.57. The van der Waals surface area contributed by atoms with E-state index in [0.29, 0.717) is 6.07 Å². The Morgan fingerprint density at radius 1 is 1.22 bits per heavy atom. The molecule has 6 nitrogen and oxygen atoms in total. The van der Waals surface area contributed by atoms with Gasteiger partial charge in [-0.15, -0.1) is 0 Å². The van der Waals surface area contributed by atoms with Gasteiger partial charge in [0.2, 0.25) is 11.8 Å². The molecule has 0 aromatic heterocycles. The monoisotopic (exact) mass is 379 g/mol. The smallest absolute Gasteiger partial charge is 0.351 e. The van der Waals surface area contributed by atoms with Crippen molar-refractivity contribution >= 4 is 17.5 Å². The van der Waals surface area contributed by atoms with Gasteiger partial charge in [-0.05, 0) is 39.0 Å². The number of carbonyl (C=O) groups is 2. The van der Waals surface area contributed by atoms with Crippen LogP contribution in [0, 0.1) is 23.2 Å². The number of anilines is 1. The van der Waals surface area contributed by atoms with Crippen LogP contribution in [0.25, 0.3) is 0 Å². The maximum atomic E-state index is 13.3. The summed E-state index contributed by atoms with van der Waals surface area (Å²) in [6.45, 7) is 5.24. The number of amides is 2. The fourth-order valence-corrected chi connectivity index (χ4v) is 4.69. The average Bonchev–Trinajstić information content (AvgIpc) is 3.07. The number of halogens is 3. The number of rotatable bonds is 1. The van der Waals surface area contributed by atoms with Crippen LogP contribution >= 0.6 is 0 Å². The van der Waals surface area contributed by atoms with Gasteiger partial charge in [0, 0.05) is 6.04 Å². The molecule has 2 amide bonds. The van der Waals surface area contributed by atoms with Gasteiger partial charge in [0.15, 0.2) is 0 Å². The number of nitrogens with zero attached hydrogens (tertiary/aromatic N) is 2. The largest absolute Gasteiger partial charge is 0.417 e. The molecular weight excluding hydrogens is 363 g/mol. The molecule has 1 N–H and O–H groups in total. The summed E-state index contributed by atoms with van der Waals surface area (Å²) in [7, 11) is 0. The van der Waals surface area contributed by atoms with E-state index in [4.69, 9.17) is 10.00 Å². The molecule has 142 valence electrons. The molecule has 27 heavy (non-hydrogen) atoms. The van der Waals surface area contributed by atoms with Crippen molar-refractivity contribution in [3.8, 4) is 6.07 Å². The summed E-state index contributed by atoms with van der Waals surface area (Å²) in [5, 5.41) is 12.1. The number of piperidine rings is 1. The van der Waals surface area contributed by atoms with Gasteiger partial charge in [-0.1, -0.05) is 0 Å². The third kappa shape index (κ3) is 2.14. The summed E-state index contributed by atoms with van der Waals surface area (Å²) in [5.41, 5.74) is -3.92. The number of hydrogen-bond acceptors (Lipinski definition) is 5. The highest BCUT2D eigenvalue weighted by Gasteiger charge is 2.75. The standard InChI is InChI=1S/C18H16F3N3O3/c1-8-16(2)12-13(17(3,23-8)27-16)15(26)24(14(12)25)10-5-4-9(7-22)11(6-10)18(19,20)21/h4-6,8,12-13,23H,1-3H3. The zero-order valence-corrected chi connectivity index (χ0v) is 14.7. The minimum atomic E-state index is -4.78. The van der Waals surface area contributed by atoms with Crippen molar-refractivity contribution in [1.29, 1.82) is 5.26 Å². The molecule has 9 heteroatoms. The number of nitriles is 1. The van der Waals surface area contributed by atoms with Crippen molar-refractivity contribution in [3.05, 3.63) is 29.3 Å². The Kier molecular flexibility index (Phi) is 3.38. The minimum absolute atomic E-state index is 0.190. The van der Waals surface area contributed by atoms with E-state index in [2.05, 4.69) is 5.32 Å². The van der Waals surface area contributed by atoms with Crippen molar-refractivity contribution in [3.63, 3.8) is 0 Å². The van der Waals surface area contributed by atoms with Crippen LogP contribution in [-0.2, 0) is 20.5 Å². The van der Waals surface area contributed by atoms with E-state index in [1.165, 1.54) is 12.1 Å². The summed E-state index contributed by atoms with van der Waals surface area (Å²) in [5.74, 6) is -2.79. The SMILES string of the molecule is CC1NC2(C)OC1(C)C1C(=O)N(c3ccc(C#N)c(C(F)(F)F)c3)C(=O)C12. The molecule has 1 aromatic rings. The van der Waals surface area contributed by atoms with Gasteiger partial charge in [0.05, 0.1) is 40.3 Å². The fraction of sp³-hybridized carbons (Fsp3) is 0.500. The summed E-state index contributed by atoms with van der Waals surface area (Å²) in [6.07, 6.45) is -4.78. The first-order chi connectivity index (χ1) is 12.4. The van der Waals surface area contributed by atoms with Crippen LogP contribution in [0.3, 0.4) is 0 Å². The summed E-state index contributed by atoms with van der Waals surface area (Å²) in [4.78, 5) is 26.8. The zero-order chi connectivity index (χ0) is 19.9. The Bertz CT molecular complexity index is 925. The van der Waals surface area contributed by atoms with E-state index in [-0.39, 0.29) is 11.7 Å².